The Kier molecular flexibility index (Phi) is 2.21. The molecule has 0 aliphatic rings. The predicted octanol–water partition coefficient (Wildman–Crippen LogP) is 0.127. The molecule has 3 nitrogen and oxygen atoms in total. The van der Waals surface area contributed by atoms with Crippen molar-refractivity contribution in [3.63, 3.8) is 0 Å². The highest BCUT2D eigenvalue weighted by atomic mass is 16.3. The second-order valence-corrected chi connectivity index (χ2v) is 2.20. The van der Waals surface area contributed by atoms with E-state index < -0.39 is 0 Å². The van der Waals surface area contributed by atoms with Crippen molar-refractivity contribution in [3.05, 3.63) is 29.6 Å². The van der Waals surface area contributed by atoms with E-state index >= 15 is 0 Å². The van der Waals surface area contributed by atoms with E-state index in [1.807, 2.05) is 13.0 Å². The molecule has 0 aliphatic carbocycles. The Balaban J connectivity index is 3.14. The SMILES string of the molecule is CN=C([O-])c1ncccc1C. The topological polar surface area (TPSA) is 48.3 Å². The fourth-order valence-electron chi connectivity index (χ4n) is 0.815. The minimum absolute atomic E-state index is 0.261. The van der Waals surface area contributed by atoms with Gasteiger partial charge < -0.3 is 10.1 Å². The molecule has 0 spiro atoms. The fourth-order valence-corrected chi connectivity index (χ4v) is 0.815. The Hall–Kier alpha value is -1.38. The third-order valence-electron chi connectivity index (χ3n) is 1.42. The second-order valence-electron chi connectivity index (χ2n) is 2.20. The second kappa shape index (κ2) is 3.14. The Morgan fingerprint density at radius 3 is 2.91 bits per heavy atom. The first-order valence-corrected chi connectivity index (χ1v) is 3.31. The molecule has 0 aromatic carbocycles. The van der Waals surface area contributed by atoms with Crippen molar-refractivity contribution in [2.45, 2.75) is 6.92 Å². The summed E-state index contributed by atoms with van der Waals surface area (Å²) in [5, 5.41) is 11.0. The molecule has 3 heteroatoms. The highest BCUT2D eigenvalue weighted by molar-refractivity contribution is 5.89. The summed E-state index contributed by atoms with van der Waals surface area (Å²) in [4.78, 5) is 7.42. The smallest absolute Gasteiger partial charge is 0.0761 e. The van der Waals surface area contributed by atoms with Crippen molar-refractivity contribution in [1.29, 1.82) is 0 Å². The van der Waals surface area contributed by atoms with E-state index in [1.54, 1.807) is 12.3 Å². The molecule has 0 atom stereocenters. The van der Waals surface area contributed by atoms with Gasteiger partial charge in [0.25, 0.3) is 0 Å². The van der Waals surface area contributed by atoms with Gasteiger partial charge in [-0.15, -0.1) is 0 Å². The number of hydrogen-bond acceptors (Lipinski definition) is 3. The number of rotatable bonds is 1. The summed E-state index contributed by atoms with van der Waals surface area (Å²) in [7, 11) is 1.47. The standard InChI is InChI=1S/C8H10N2O/c1-6-4-3-5-10-7(6)8(11)9-2/h3-5H,1-2H3,(H,9,11)/p-1. The Morgan fingerprint density at radius 2 is 2.36 bits per heavy atom. The molecule has 0 saturated heterocycles. The molecule has 58 valence electrons. The maximum Gasteiger partial charge on any atom is 0.0761 e. The van der Waals surface area contributed by atoms with Crippen LogP contribution >= 0.6 is 0 Å². The zero-order chi connectivity index (χ0) is 8.27. The number of nitrogens with zero attached hydrogens (tertiary/aromatic N) is 2. The molecular formula is C8H9N2O-. The summed E-state index contributed by atoms with van der Waals surface area (Å²) in [6.07, 6.45) is 1.59. The number of aromatic nitrogens is 1. The predicted molar refractivity (Wildman–Crippen MR) is 41.4 cm³/mol. The summed E-state index contributed by atoms with van der Waals surface area (Å²) < 4.78 is 0. The van der Waals surface area contributed by atoms with Crippen molar-refractivity contribution >= 4 is 5.90 Å². The molecule has 0 amide bonds. The van der Waals surface area contributed by atoms with Gasteiger partial charge in [-0.05, 0) is 18.6 Å². The van der Waals surface area contributed by atoms with E-state index in [0.29, 0.717) is 5.69 Å². The first-order valence-electron chi connectivity index (χ1n) is 3.31. The maximum absolute atomic E-state index is 11.0. The zero-order valence-electron chi connectivity index (χ0n) is 6.53. The van der Waals surface area contributed by atoms with Crippen LogP contribution in [0.15, 0.2) is 23.3 Å². The molecule has 0 aliphatic heterocycles. The highest BCUT2D eigenvalue weighted by Gasteiger charge is 1.95. The summed E-state index contributed by atoms with van der Waals surface area (Å²) in [5.74, 6) is -0.261. The van der Waals surface area contributed by atoms with E-state index in [1.165, 1.54) is 7.05 Å². The van der Waals surface area contributed by atoms with Crippen LogP contribution in [0.2, 0.25) is 0 Å². The number of aryl methyl sites for hydroxylation is 1. The van der Waals surface area contributed by atoms with E-state index in [9.17, 15) is 5.11 Å². The minimum atomic E-state index is -0.261. The average Bonchev–Trinajstić information content (AvgIpc) is 2.04. The van der Waals surface area contributed by atoms with Crippen LogP contribution in [0, 0.1) is 6.92 Å². The van der Waals surface area contributed by atoms with Crippen LogP contribution in [0.3, 0.4) is 0 Å². The first kappa shape index (κ1) is 7.72. The van der Waals surface area contributed by atoms with Crippen LogP contribution in [0.1, 0.15) is 11.3 Å². The lowest BCUT2D eigenvalue weighted by Gasteiger charge is -2.09. The molecule has 11 heavy (non-hydrogen) atoms. The molecule has 0 radical (unpaired) electrons. The summed E-state index contributed by atoms with van der Waals surface area (Å²) in [5.41, 5.74) is 1.30. The third kappa shape index (κ3) is 1.55. The number of aliphatic imine (C=N–C) groups is 1. The van der Waals surface area contributed by atoms with E-state index in [2.05, 4.69) is 9.98 Å². The highest BCUT2D eigenvalue weighted by Crippen LogP contribution is 2.01. The molecule has 1 aromatic rings. The van der Waals surface area contributed by atoms with Crippen LogP contribution in [0.25, 0.3) is 0 Å². The molecule has 0 bridgehead atoms. The van der Waals surface area contributed by atoms with Gasteiger partial charge in [0.2, 0.25) is 0 Å². The van der Waals surface area contributed by atoms with Crippen LogP contribution in [-0.2, 0) is 0 Å². The first-order chi connectivity index (χ1) is 5.25. The van der Waals surface area contributed by atoms with Crippen molar-refractivity contribution in [2.24, 2.45) is 4.99 Å². The zero-order valence-corrected chi connectivity index (χ0v) is 6.53. The lowest BCUT2D eigenvalue weighted by atomic mass is 10.2. The molecule has 1 aromatic heterocycles. The molecule has 0 unspecified atom stereocenters. The molecule has 1 rings (SSSR count). The van der Waals surface area contributed by atoms with Gasteiger partial charge >= 0.3 is 0 Å². The lowest BCUT2D eigenvalue weighted by molar-refractivity contribution is -0.213. The lowest BCUT2D eigenvalue weighted by Crippen LogP contribution is -2.21. The quantitative estimate of drug-likeness (QED) is 0.421. The number of pyridine rings is 1. The van der Waals surface area contributed by atoms with Gasteiger partial charge in [-0.1, -0.05) is 6.07 Å². The normalized spacial score (nSPS) is 11.6. The summed E-state index contributed by atoms with van der Waals surface area (Å²) >= 11 is 0. The van der Waals surface area contributed by atoms with Gasteiger partial charge in [0.1, 0.15) is 0 Å². The van der Waals surface area contributed by atoms with Gasteiger partial charge in [-0.2, -0.15) is 0 Å². The van der Waals surface area contributed by atoms with Crippen molar-refractivity contribution < 1.29 is 5.11 Å². The van der Waals surface area contributed by atoms with Gasteiger partial charge in [-0.25, -0.2) is 0 Å². The van der Waals surface area contributed by atoms with Gasteiger partial charge in [0, 0.05) is 19.1 Å². The summed E-state index contributed by atoms with van der Waals surface area (Å²) in [6, 6.07) is 3.63. The van der Waals surface area contributed by atoms with Crippen LogP contribution in [0.5, 0.6) is 0 Å². The molecular weight excluding hydrogens is 140 g/mol. The van der Waals surface area contributed by atoms with E-state index in [4.69, 9.17) is 0 Å². The van der Waals surface area contributed by atoms with E-state index in [0.717, 1.165) is 5.56 Å². The Bertz CT molecular complexity index is 281. The Morgan fingerprint density at radius 1 is 1.64 bits per heavy atom. The van der Waals surface area contributed by atoms with E-state index in [-0.39, 0.29) is 5.90 Å². The fraction of sp³-hybridized carbons (Fsp3) is 0.250. The molecule has 1 heterocycles. The number of hydrogen-bond donors (Lipinski definition) is 0. The summed E-state index contributed by atoms with van der Waals surface area (Å²) in [6.45, 7) is 1.84. The van der Waals surface area contributed by atoms with Crippen LogP contribution in [0.4, 0.5) is 0 Å². The van der Waals surface area contributed by atoms with Gasteiger partial charge in [-0.3, -0.25) is 4.98 Å². The molecule has 0 N–H and O–H groups in total. The largest absolute Gasteiger partial charge is 0.857 e. The van der Waals surface area contributed by atoms with Crippen molar-refractivity contribution in [2.75, 3.05) is 7.05 Å². The molecule has 0 fully saturated rings. The van der Waals surface area contributed by atoms with Gasteiger partial charge in [0.05, 0.1) is 5.69 Å². The van der Waals surface area contributed by atoms with Crippen molar-refractivity contribution in [3.8, 4) is 0 Å². The van der Waals surface area contributed by atoms with Gasteiger partial charge in [0.15, 0.2) is 0 Å². The average molecular weight is 149 g/mol. The third-order valence-corrected chi connectivity index (χ3v) is 1.42. The van der Waals surface area contributed by atoms with Crippen LogP contribution in [-0.4, -0.2) is 17.9 Å². The minimum Gasteiger partial charge on any atom is -0.857 e. The van der Waals surface area contributed by atoms with Crippen molar-refractivity contribution in [1.82, 2.24) is 4.98 Å². The van der Waals surface area contributed by atoms with Crippen LogP contribution < -0.4 is 5.11 Å². The maximum atomic E-state index is 11.0. The Labute approximate surface area is 65.4 Å². The monoisotopic (exact) mass is 149 g/mol. The molecule has 0 saturated carbocycles.